The maximum Gasteiger partial charge on any atom is 0.244 e. The molecule has 2 aromatic carbocycles. The molecule has 0 aliphatic heterocycles. The molecule has 7 heteroatoms. The van der Waals surface area contributed by atoms with E-state index in [1.165, 1.54) is 13.2 Å². The lowest BCUT2D eigenvalue weighted by molar-refractivity contribution is -0.121. The molecule has 0 bridgehead atoms. The number of nitrogens with one attached hydrogen (secondary N) is 2. The van der Waals surface area contributed by atoms with Crippen molar-refractivity contribution in [2.75, 3.05) is 25.6 Å². The van der Waals surface area contributed by atoms with Crippen molar-refractivity contribution in [3.05, 3.63) is 57.6 Å². The highest BCUT2D eigenvalue weighted by Crippen LogP contribution is 2.37. The van der Waals surface area contributed by atoms with Crippen LogP contribution in [-0.4, -0.2) is 32.1 Å². The zero-order valence-corrected chi connectivity index (χ0v) is 20.2. The zero-order valence-electron chi connectivity index (χ0n) is 19.5. The largest absolute Gasteiger partial charge is 0.493 e. The number of hydrogen-bond donors (Lipinski definition) is 2. The highest BCUT2D eigenvalue weighted by molar-refractivity contribution is 6.32. The highest BCUT2D eigenvalue weighted by Gasteiger charge is 2.13. The van der Waals surface area contributed by atoms with Gasteiger partial charge in [-0.3, -0.25) is 9.59 Å². The number of anilines is 1. The molecule has 2 N–H and O–H groups in total. The van der Waals surface area contributed by atoms with Gasteiger partial charge >= 0.3 is 0 Å². The minimum Gasteiger partial charge on any atom is -0.493 e. The number of amides is 2. The summed E-state index contributed by atoms with van der Waals surface area (Å²) in [6.07, 6.45) is 2.94. The molecule has 2 rings (SSSR count). The minimum absolute atomic E-state index is 0.137. The molecule has 32 heavy (non-hydrogen) atoms. The van der Waals surface area contributed by atoms with E-state index in [1.54, 1.807) is 18.2 Å². The molecule has 0 saturated carbocycles. The predicted octanol–water partition coefficient (Wildman–Crippen LogP) is 5.08. The number of halogens is 1. The Morgan fingerprint density at radius 1 is 1.09 bits per heavy atom. The lowest BCUT2D eigenvalue weighted by Crippen LogP contribution is -2.32. The topological polar surface area (TPSA) is 76.7 Å². The van der Waals surface area contributed by atoms with Crippen LogP contribution in [-0.2, 0) is 9.59 Å². The van der Waals surface area contributed by atoms with E-state index >= 15 is 0 Å². The molecule has 0 atom stereocenters. The number of ether oxygens (including phenoxy) is 2. The summed E-state index contributed by atoms with van der Waals surface area (Å²) < 4.78 is 11.1. The summed E-state index contributed by atoms with van der Waals surface area (Å²) in [7, 11) is 1.53. The van der Waals surface area contributed by atoms with E-state index in [1.807, 2.05) is 46.8 Å². The molecule has 0 aromatic heterocycles. The van der Waals surface area contributed by atoms with Crippen LogP contribution in [0.4, 0.5) is 5.69 Å². The fourth-order valence-corrected chi connectivity index (χ4v) is 3.46. The summed E-state index contributed by atoms with van der Waals surface area (Å²) in [4.78, 5) is 24.4. The quantitative estimate of drug-likeness (QED) is 0.514. The molecule has 0 fully saturated rings. The molecule has 0 unspecified atom stereocenters. The van der Waals surface area contributed by atoms with Gasteiger partial charge in [-0.15, -0.1) is 0 Å². The van der Waals surface area contributed by atoms with E-state index in [4.69, 9.17) is 21.1 Å². The Labute approximate surface area is 194 Å². The zero-order chi connectivity index (χ0) is 23.8. The first-order valence-electron chi connectivity index (χ1n) is 10.4. The van der Waals surface area contributed by atoms with Crippen LogP contribution < -0.4 is 20.1 Å². The smallest absolute Gasteiger partial charge is 0.244 e. The fourth-order valence-electron chi connectivity index (χ4n) is 3.19. The monoisotopic (exact) mass is 458 g/mol. The van der Waals surface area contributed by atoms with Crippen LogP contribution in [0.3, 0.4) is 0 Å². The first-order chi connectivity index (χ1) is 15.1. The Morgan fingerprint density at radius 3 is 2.34 bits per heavy atom. The van der Waals surface area contributed by atoms with Crippen LogP contribution in [0, 0.1) is 26.7 Å². The molecular weight excluding hydrogens is 428 g/mol. The van der Waals surface area contributed by atoms with Crippen LogP contribution in [0.25, 0.3) is 6.08 Å². The molecule has 172 valence electrons. The van der Waals surface area contributed by atoms with E-state index in [0.29, 0.717) is 34.6 Å². The summed E-state index contributed by atoms with van der Waals surface area (Å²) in [6.45, 7) is 10.3. The van der Waals surface area contributed by atoms with Gasteiger partial charge in [-0.25, -0.2) is 0 Å². The number of aryl methyl sites for hydroxylation is 3. The third kappa shape index (κ3) is 7.31. The van der Waals surface area contributed by atoms with E-state index in [-0.39, 0.29) is 12.5 Å². The Bertz CT molecular complexity index is 992. The standard InChI is InChI=1S/C25H31ClN2O4/c1-15(2)14-32-25-20(26)11-19(12-21(25)31-6)7-8-22(29)27-13-23(30)28-24-17(4)9-16(3)10-18(24)5/h7-12,15H,13-14H2,1-6H3,(H,27,29)(H,28,30)/b8-7+. The van der Waals surface area contributed by atoms with Crippen molar-refractivity contribution in [2.45, 2.75) is 34.6 Å². The second-order valence-corrected chi connectivity index (χ2v) is 8.52. The number of benzene rings is 2. The number of carbonyl (C=O) groups excluding carboxylic acids is 2. The fraction of sp³-hybridized carbons (Fsp3) is 0.360. The minimum atomic E-state index is -0.396. The maximum absolute atomic E-state index is 12.3. The van der Waals surface area contributed by atoms with Crippen molar-refractivity contribution in [3.63, 3.8) is 0 Å². The summed E-state index contributed by atoms with van der Waals surface area (Å²) in [5.74, 6) is 0.616. The third-order valence-electron chi connectivity index (χ3n) is 4.60. The molecular formula is C25H31ClN2O4. The number of carbonyl (C=O) groups is 2. The van der Waals surface area contributed by atoms with E-state index in [9.17, 15) is 9.59 Å². The van der Waals surface area contributed by atoms with Gasteiger partial charge in [0, 0.05) is 11.8 Å². The number of hydrogen-bond acceptors (Lipinski definition) is 4. The summed E-state index contributed by atoms with van der Waals surface area (Å²) in [6, 6.07) is 7.44. The van der Waals surface area contributed by atoms with Crippen LogP contribution in [0.5, 0.6) is 11.5 Å². The molecule has 0 saturated heterocycles. The van der Waals surface area contributed by atoms with Crippen molar-refractivity contribution < 1.29 is 19.1 Å². The molecule has 6 nitrogen and oxygen atoms in total. The lowest BCUT2D eigenvalue weighted by Gasteiger charge is -2.14. The SMILES string of the molecule is COc1cc(/C=C/C(=O)NCC(=O)Nc2c(C)cc(C)cc2C)cc(Cl)c1OCC(C)C. The van der Waals surface area contributed by atoms with Gasteiger partial charge in [0.1, 0.15) is 0 Å². The van der Waals surface area contributed by atoms with Gasteiger partial charge in [-0.05, 0) is 61.6 Å². The molecule has 0 radical (unpaired) electrons. The second kappa shape index (κ2) is 11.6. The predicted molar refractivity (Wildman–Crippen MR) is 130 cm³/mol. The maximum atomic E-state index is 12.3. The Kier molecular flexibility index (Phi) is 9.14. The van der Waals surface area contributed by atoms with Gasteiger partial charge in [-0.2, -0.15) is 0 Å². The van der Waals surface area contributed by atoms with E-state index in [2.05, 4.69) is 10.6 Å². The van der Waals surface area contributed by atoms with Crippen molar-refractivity contribution >= 4 is 35.2 Å². The van der Waals surface area contributed by atoms with Crippen molar-refractivity contribution in [2.24, 2.45) is 5.92 Å². The molecule has 2 amide bonds. The second-order valence-electron chi connectivity index (χ2n) is 8.11. The van der Waals surface area contributed by atoms with Crippen molar-refractivity contribution in [1.82, 2.24) is 5.32 Å². The van der Waals surface area contributed by atoms with Gasteiger partial charge in [0.2, 0.25) is 11.8 Å². The van der Waals surface area contributed by atoms with Crippen LogP contribution >= 0.6 is 11.6 Å². The van der Waals surface area contributed by atoms with Crippen LogP contribution in [0.2, 0.25) is 5.02 Å². The molecule has 2 aromatic rings. The van der Waals surface area contributed by atoms with Gasteiger partial charge < -0.3 is 20.1 Å². The van der Waals surface area contributed by atoms with Gasteiger partial charge in [0.05, 0.1) is 25.3 Å². The average molecular weight is 459 g/mol. The number of methoxy groups -OCH3 is 1. The van der Waals surface area contributed by atoms with Crippen LogP contribution in [0.1, 0.15) is 36.1 Å². The molecule has 0 aliphatic rings. The van der Waals surface area contributed by atoms with Crippen molar-refractivity contribution in [3.8, 4) is 11.5 Å². The number of rotatable bonds is 9. The third-order valence-corrected chi connectivity index (χ3v) is 4.89. The van der Waals surface area contributed by atoms with Gasteiger partial charge in [-0.1, -0.05) is 43.1 Å². The van der Waals surface area contributed by atoms with Crippen molar-refractivity contribution in [1.29, 1.82) is 0 Å². The highest BCUT2D eigenvalue weighted by atomic mass is 35.5. The molecule has 0 aliphatic carbocycles. The molecule has 0 heterocycles. The summed E-state index contributed by atoms with van der Waals surface area (Å²) in [5, 5.41) is 5.84. The lowest BCUT2D eigenvalue weighted by atomic mass is 10.1. The van der Waals surface area contributed by atoms with E-state index < -0.39 is 5.91 Å². The first-order valence-corrected chi connectivity index (χ1v) is 10.8. The normalized spacial score (nSPS) is 11.0. The molecule has 0 spiro atoms. The average Bonchev–Trinajstić information content (AvgIpc) is 2.71. The van der Waals surface area contributed by atoms with Crippen LogP contribution in [0.15, 0.2) is 30.3 Å². The van der Waals surface area contributed by atoms with Gasteiger partial charge in [0.25, 0.3) is 0 Å². The summed E-state index contributed by atoms with van der Waals surface area (Å²) >= 11 is 6.33. The summed E-state index contributed by atoms with van der Waals surface area (Å²) in [5.41, 5.74) is 4.54. The van der Waals surface area contributed by atoms with E-state index in [0.717, 1.165) is 22.4 Å². The Balaban J connectivity index is 1.97. The first kappa shape index (κ1) is 25.3. The Hall–Kier alpha value is -2.99. The van der Waals surface area contributed by atoms with Gasteiger partial charge in [0.15, 0.2) is 11.5 Å². The Morgan fingerprint density at radius 2 is 1.75 bits per heavy atom.